The Morgan fingerprint density at radius 3 is 2.67 bits per heavy atom. The molecule has 1 aliphatic rings. The molecule has 2 rings (SSSR count). The summed E-state index contributed by atoms with van der Waals surface area (Å²) in [7, 11) is 0. The van der Waals surface area contributed by atoms with Gasteiger partial charge in [-0.3, -0.25) is 4.79 Å². The van der Waals surface area contributed by atoms with Gasteiger partial charge in [0.05, 0.1) is 17.7 Å². The van der Waals surface area contributed by atoms with Gasteiger partial charge in [0.15, 0.2) is 6.29 Å². The number of aliphatic hydroxyl groups excluding tert-OH is 1. The lowest BCUT2D eigenvalue weighted by molar-refractivity contribution is 0.112. The molecule has 2 N–H and O–H groups in total. The highest BCUT2D eigenvalue weighted by molar-refractivity contribution is 6.32. The second-order valence-electron chi connectivity index (χ2n) is 4.71. The van der Waals surface area contributed by atoms with Crippen molar-refractivity contribution < 1.29 is 9.90 Å². The Balaban J connectivity index is 2.35. The smallest absolute Gasteiger partial charge is 0.156 e. The maximum atomic E-state index is 11.1. The zero-order chi connectivity index (χ0) is 13.2. The number of nitrogens with zero attached hydrogens (tertiary/aromatic N) is 2. The molecule has 0 radical (unpaired) electrons. The van der Waals surface area contributed by atoms with Gasteiger partial charge >= 0.3 is 0 Å². The van der Waals surface area contributed by atoms with Crippen molar-refractivity contribution in [1.29, 1.82) is 0 Å². The van der Waals surface area contributed by atoms with E-state index >= 15 is 0 Å². The summed E-state index contributed by atoms with van der Waals surface area (Å²) in [6, 6.07) is 0. The second-order valence-corrected chi connectivity index (χ2v) is 5.07. The quantitative estimate of drug-likeness (QED) is 0.646. The summed E-state index contributed by atoms with van der Waals surface area (Å²) in [5.41, 5.74) is -0.135. The van der Waals surface area contributed by atoms with Crippen molar-refractivity contribution >= 4 is 23.7 Å². The molecule has 0 aliphatic heterocycles. The largest absolute Gasteiger partial charge is 0.394 e. The molecule has 0 amide bonds. The lowest BCUT2D eigenvalue weighted by Crippen LogP contribution is -2.39. The van der Waals surface area contributed by atoms with Crippen LogP contribution in [-0.2, 0) is 0 Å². The van der Waals surface area contributed by atoms with E-state index in [1.165, 1.54) is 0 Å². The Morgan fingerprint density at radius 1 is 1.44 bits per heavy atom. The number of halogens is 1. The summed E-state index contributed by atoms with van der Waals surface area (Å²) in [6.07, 6.45) is 4.48. The highest BCUT2D eigenvalue weighted by Gasteiger charge is 2.34. The minimum Gasteiger partial charge on any atom is -0.394 e. The normalized spacial score (nSPS) is 17.7. The second kappa shape index (κ2) is 5.20. The number of anilines is 1. The fourth-order valence-corrected chi connectivity index (χ4v) is 2.63. The number of aromatic nitrogens is 2. The molecule has 6 heteroatoms. The third-order valence-corrected chi connectivity index (χ3v) is 3.66. The molecule has 1 aliphatic carbocycles. The SMILES string of the molecule is Cc1nc(Cl)c(C=O)c(NC2(CO)CCCC2)n1. The first-order valence-corrected chi connectivity index (χ1v) is 6.36. The van der Waals surface area contributed by atoms with Gasteiger partial charge in [-0.2, -0.15) is 0 Å². The van der Waals surface area contributed by atoms with E-state index in [4.69, 9.17) is 11.6 Å². The zero-order valence-corrected chi connectivity index (χ0v) is 11.0. The molecular weight excluding hydrogens is 254 g/mol. The van der Waals surface area contributed by atoms with Gasteiger partial charge in [-0.15, -0.1) is 0 Å². The summed E-state index contributed by atoms with van der Waals surface area (Å²) in [5.74, 6) is 0.914. The summed E-state index contributed by atoms with van der Waals surface area (Å²) >= 11 is 5.92. The Hall–Kier alpha value is -1.20. The highest BCUT2D eigenvalue weighted by atomic mass is 35.5. The van der Waals surface area contributed by atoms with Crippen molar-refractivity contribution in [3.63, 3.8) is 0 Å². The zero-order valence-electron chi connectivity index (χ0n) is 10.2. The molecule has 5 nitrogen and oxygen atoms in total. The summed E-state index contributed by atoms with van der Waals surface area (Å²) < 4.78 is 0. The van der Waals surface area contributed by atoms with Crippen molar-refractivity contribution in [2.75, 3.05) is 11.9 Å². The predicted octanol–water partition coefficient (Wildman–Crippen LogP) is 1.97. The number of hydrogen-bond donors (Lipinski definition) is 2. The molecule has 1 heterocycles. The number of nitrogens with one attached hydrogen (secondary N) is 1. The molecule has 0 bridgehead atoms. The Kier molecular flexibility index (Phi) is 3.82. The maximum absolute atomic E-state index is 11.1. The summed E-state index contributed by atoms with van der Waals surface area (Å²) in [6.45, 7) is 1.73. The van der Waals surface area contributed by atoms with Crippen LogP contribution >= 0.6 is 11.6 Å². The van der Waals surface area contributed by atoms with Gasteiger partial charge in [-0.25, -0.2) is 9.97 Å². The van der Waals surface area contributed by atoms with Crippen LogP contribution in [0.3, 0.4) is 0 Å². The standard InChI is InChI=1S/C12H16ClN3O2/c1-8-14-10(13)9(6-17)11(15-8)16-12(7-18)4-2-3-5-12/h6,18H,2-5,7H2,1H3,(H,14,15,16). The molecule has 0 atom stereocenters. The van der Waals surface area contributed by atoms with Gasteiger partial charge in [-0.05, 0) is 19.8 Å². The van der Waals surface area contributed by atoms with Crippen molar-refractivity contribution in [2.24, 2.45) is 0 Å². The first kappa shape index (κ1) is 13.2. The van der Waals surface area contributed by atoms with Crippen LogP contribution in [0, 0.1) is 6.92 Å². The third-order valence-electron chi connectivity index (χ3n) is 3.38. The average molecular weight is 270 g/mol. The third kappa shape index (κ3) is 2.47. The van der Waals surface area contributed by atoms with Crippen LogP contribution in [0.2, 0.25) is 5.15 Å². The van der Waals surface area contributed by atoms with Crippen molar-refractivity contribution in [1.82, 2.24) is 9.97 Å². The van der Waals surface area contributed by atoms with E-state index in [9.17, 15) is 9.90 Å². The molecule has 1 aromatic rings. The predicted molar refractivity (Wildman–Crippen MR) is 69.1 cm³/mol. The number of aryl methyl sites for hydroxylation is 1. The fraction of sp³-hybridized carbons (Fsp3) is 0.583. The van der Waals surface area contributed by atoms with Gasteiger partial charge < -0.3 is 10.4 Å². The highest BCUT2D eigenvalue weighted by Crippen LogP contribution is 2.33. The van der Waals surface area contributed by atoms with Crippen LogP contribution in [-0.4, -0.2) is 33.5 Å². The first-order valence-electron chi connectivity index (χ1n) is 5.98. The van der Waals surface area contributed by atoms with Gasteiger partial charge in [0.25, 0.3) is 0 Å². The number of carbonyl (C=O) groups excluding carboxylic acids is 1. The van der Waals surface area contributed by atoms with Crippen LogP contribution in [0.4, 0.5) is 5.82 Å². The Labute approximate surface area is 111 Å². The number of aliphatic hydroxyl groups is 1. The van der Waals surface area contributed by atoms with Gasteiger partial charge in [0, 0.05) is 0 Å². The van der Waals surface area contributed by atoms with Crippen LogP contribution in [0.25, 0.3) is 0 Å². The molecule has 0 unspecified atom stereocenters. The molecule has 0 spiro atoms. The molecule has 1 saturated carbocycles. The Morgan fingerprint density at radius 2 is 2.11 bits per heavy atom. The molecule has 1 aromatic heterocycles. The van der Waals surface area contributed by atoms with E-state index in [2.05, 4.69) is 15.3 Å². The van der Waals surface area contributed by atoms with Crippen molar-refractivity contribution in [2.45, 2.75) is 38.1 Å². The average Bonchev–Trinajstić information content (AvgIpc) is 2.78. The van der Waals surface area contributed by atoms with Gasteiger partial charge in [0.2, 0.25) is 0 Å². The number of hydrogen-bond acceptors (Lipinski definition) is 5. The minimum atomic E-state index is -0.387. The van der Waals surface area contributed by atoms with Crippen LogP contribution in [0.5, 0.6) is 0 Å². The monoisotopic (exact) mass is 269 g/mol. The molecule has 1 fully saturated rings. The Bertz CT molecular complexity index is 459. The maximum Gasteiger partial charge on any atom is 0.156 e. The first-order chi connectivity index (χ1) is 8.60. The molecular formula is C12H16ClN3O2. The number of rotatable bonds is 4. The van der Waals surface area contributed by atoms with E-state index in [-0.39, 0.29) is 22.9 Å². The van der Waals surface area contributed by atoms with E-state index in [1.807, 2.05) is 0 Å². The molecule has 18 heavy (non-hydrogen) atoms. The van der Waals surface area contributed by atoms with E-state index in [0.29, 0.717) is 17.9 Å². The fourth-order valence-electron chi connectivity index (χ4n) is 2.37. The van der Waals surface area contributed by atoms with Gasteiger partial charge in [0.1, 0.15) is 16.8 Å². The molecule has 98 valence electrons. The van der Waals surface area contributed by atoms with Crippen LogP contribution in [0.15, 0.2) is 0 Å². The number of aldehydes is 1. The van der Waals surface area contributed by atoms with Crippen LogP contribution < -0.4 is 5.32 Å². The van der Waals surface area contributed by atoms with Crippen molar-refractivity contribution in [3.05, 3.63) is 16.5 Å². The van der Waals surface area contributed by atoms with E-state index < -0.39 is 0 Å². The topological polar surface area (TPSA) is 75.1 Å². The number of carbonyl (C=O) groups is 1. The lowest BCUT2D eigenvalue weighted by atomic mass is 9.99. The van der Waals surface area contributed by atoms with E-state index in [1.54, 1.807) is 6.92 Å². The minimum absolute atomic E-state index is 0.0198. The van der Waals surface area contributed by atoms with E-state index in [0.717, 1.165) is 25.7 Å². The molecule has 0 saturated heterocycles. The van der Waals surface area contributed by atoms with Crippen molar-refractivity contribution in [3.8, 4) is 0 Å². The summed E-state index contributed by atoms with van der Waals surface area (Å²) in [4.78, 5) is 19.2. The lowest BCUT2D eigenvalue weighted by Gasteiger charge is -2.29. The summed E-state index contributed by atoms with van der Waals surface area (Å²) in [5, 5.41) is 12.9. The van der Waals surface area contributed by atoms with Crippen LogP contribution in [0.1, 0.15) is 41.9 Å². The van der Waals surface area contributed by atoms with Gasteiger partial charge in [-0.1, -0.05) is 24.4 Å². The molecule has 0 aromatic carbocycles.